The summed E-state index contributed by atoms with van der Waals surface area (Å²) in [4.78, 5) is 53.3. The molecule has 0 spiro atoms. The minimum absolute atomic E-state index is 0.147. The van der Waals surface area contributed by atoms with Gasteiger partial charge in [-0.05, 0) is 72.9 Å². The first-order valence-corrected chi connectivity index (χ1v) is 13.0. The summed E-state index contributed by atoms with van der Waals surface area (Å²) in [6.07, 6.45) is 1.82. The highest BCUT2D eigenvalue weighted by Crippen LogP contribution is 2.61. The van der Waals surface area contributed by atoms with Gasteiger partial charge in [-0.1, -0.05) is 54.6 Å². The summed E-state index contributed by atoms with van der Waals surface area (Å²) < 4.78 is 5.22. The summed E-state index contributed by atoms with van der Waals surface area (Å²) in [6.45, 7) is 1.42. The lowest BCUT2D eigenvalue weighted by Gasteiger charge is -2.28. The maximum atomic E-state index is 13.6. The van der Waals surface area contributed by atoms with Crippen LogP contribution in [0.2, 0.25) is 0 Å². The number of anilines is 2. The lowest BCUT2D eigenvalue weighted by atomic mass is 9.73. The summed E-state index contributed by atoms with van der Waals surface area (Å²) in [6, 6.07) is 23.9. The van der Waals surface area contributed by atoms with Crippen LogP contribution in [0.5, 0.6) is 0 Å². The van der Waals surface area contributed by atoms with Crippen molar-refractivity contribution in [1.29, 1.82) is 0 Å². The number of rotatable bonds is 6. The van der Waals surface area contributed by atoms with Gasteiger partial charge in [0, 0.05) is 5.69 Å². The minimum atomic E-state index is -0.699. The first-order valence-electron chi connectivity index (χ1n) is 13.0. The second-order valence-corrected chi connectivity index (χ2v) is 10.5. The lowest BCUT2D eigenvalue weighted by molar-refractivity contribution is -0.123. The Morgan fingerprint density at radius 2 is 1.63 bits per heavy atom. The van der Waals surface area contributed by atoms with Crippen molar-refractivity contribution in [2.75, 3.05) is 16.8 Å². The molecular formula is C31H28N2O5. The number of nitrogens with one attached hydrogen (secondary N) is 1. The van der Waals surface area contributed by atoms with Crippen molar-refractivity contribution in [3.05, 3.63) is 95.6 Å². The summed E-state index contributed by atoms with van der Waals surface area (Å²) in [5.41, 5.74) is 3.31. The second-order valence-electron chi connectivity index (χ2n) is 10.5. The topological polar surface area (TPSA) is 92.8 Å². The molecule has 3 aromatic rings. The zero-order valence-electron chi connectivity index (χ0n) is 21.0. The van der Waals surface area contributed by atoms with Gasteiger partial charge in [0.1, 0.15) is 0 Å². The van der Waals surface area contributed by atoms with E-state index in [1.54, 1.807) is 24.3 Å². The Morgan fingerprint density at radius 1 is 0.895 bits per heavy atom. The number of aryl methyl sites for hydroxylation is 1. The maximum absolute atomic E-state index is 13.6. The molecule has 1 heterocycles. The van der Waals surface area contributed by atoms with E-state index in [0.717, 1.165) is 18.4 Å². The molecule has 3 fully saturated rings. The van der Waals surface area contributed by atoms with Crippen molar-refractivity contribution < 1.29 is 23.9 Å². The maximum Gasteiger partial charge on any atom is 0.338 e. The number of para-hydroxylation sites is 1. The van der Waals surface area contributed by atoms with Crippen LogP contribution in [0.25, 0.3) is 0 Å². The van der Waals surface area contributed by atoms with Crippen LogP contribution in [0.1, 0.15) is 40.2 Å². The predicted molar refractivity (Wildman–Crippen MR) is 141 cm³/mol. The van der Waals surface area contributed by atoms with Crippen LogP contribution in [0.4, 0.5) is 11.4 Å². The van der Waals surface area contributed by atoms with Crippen LogP contribution < -0.4 is 10.2 Å². The molecule has 5 atom stereocenters. The molecule has 0 unspecified atom stereocenters. The molecule has 1 N–H and O–H groups in total. The van der Waals surface area contributed by atoms with Gasteiger partial charge < -0.3 is 10.1 Å². The fraction of sp³-hybridized carbons (Fsp3) is 0.290. The molecular weight excluding hydrogens is 480 g/mol. The van der Waals surface area contributed by atoms with Crippen LogP contribution in [0, 0.1) is 30.6 Å². The van der Waals surface area contributed by atoms with E-state index >= 15 is 0 Å². The fourth-order valence-electron chi connectivity index (χ4n) is 6.68. The Bertz CT molecular complexity index is 1430. The molecule has 38 heavy (non-hydrogen) atoms. The van der Waals surface area contributed by atoms with Gasteiger partial charge in [-0.15, -0.1) is 0 Å². The first kappa shape index (κ1) is 24.1. The van der Waals surface area contributed by atoms with Gasteiger partial charge in [-0.25, -0.2) is 4.79 Å². The zero-order chi connectivity index (χ0) is 26.4. The van der Waals surface area contributed by atoms with E-state index in [-0.39, 0.29) is 47.0 Å². The molecule has 3 aromatic carbocycles. The molecule has 2 aliphatic carbocycles. The molecule has 0 radical (unpaired) electrons. The van der Waals surface area contributed by atoms with Crippen molar-refractivity contribution in [2.24, 2.45) is 23.7 Å². The number of esters is 1. The third-order valence-corrected chi connectivity index (χ3v) is 8.34. The summed E-state index contributed by atoms with van der Waals surface area (Å²) in [5, 5.41) is 2.72. The summed E-state index contributed by atoms with van der Waals surface area (Å²) in [7, 11) is 0. The van der Waals surface area contributed by atoms with E-state index in [0.29, 0.717) is 11.4 Å². The number of ether oxygens (including phenoxy) is 1. The molecule has 7 heteroatoms. The Balaban J connectivity index is 1.15. The number of carbonyl (C=O) groups is 4. The van der Waals surface area contributed by atoms with E-state index in [1.165, 1.54) is 16.5 Å². The summed E-state index contributed by atoms with van der Waals surface area (Å²) in [5.74, 6) is -1.52. The van der Waals surface area contributed by atoms with Crippen LogP contribution in [-0.2, 0) is 19.1 Å². The van der Waals surface area contributed by atoms with Gasteiger partial charge in [-0.2, -0.15) is 0 Å². The highest BCUT2D eigenvalue weighted by Gasteiger charge is 2.64. The second kappa shape index (κ2) is 9.56. The third-order valence-electron chi connectivity index (χ3n) is 8.34. The Kier molecular flexibility index (Phi) is 6.06. The van der Waals surface area contributed by atoms with E-state index in [1.807, 2.05) is 43.3 Å². The number of fused-ring (bicyclic) bond motifs is 5. The molecule has 3 amide bonds. The molecule has 0 aromatic heterocycles. The number of benzene rings is 3. The monoisotopic (exact) mass is 508 g/mol. The van der Waals surface area contributed by atoms with Crippen molar-refractivity contribution in [2.45, 2.75) is 25.7 Å². The van der Waals surface area contributed by atoms with Crippen LogP contribution in [0.3, 0.4) is 0 Å². The number of carbonyl (C=O) groups excluding carboxylic acids is 4. The fourth-order valence-corrected chi connectivity index (χ4v) is 6.68. The first-order chi connectivity index (χ1) is 18.4. The van der Waals surface area contributed by atoms with Gasteiger partial charge in [0.15, 0.2) is 6.61 Å². The molecule has 6 rings (SSSR count). The van der Waals surface area contributed by atoms with Crippen molar-refractivity contribution in [3.63, 3.8) is 0 Å². The van der Waals surface area contributed by atoms with E-state index < -0.39 is 18.5 Å². The Labute approximate surface area is 220 Å². The zero-order valence-corrected chi connectivity index (χ0v) is 21.0. The average Bonchev–Trinajstić information content (AvgIpc) is 3.60. The SMILES string of the molecule is Cc1ccccc1NC(=O)COC(=O)c1cccc(N2C(=O)[C@@H]3[C@@H]4C[C@@H]([C@H]3C2=O)[C@@H](c2ccccc2)C4)c1. The van der Waals surface area contributed by atoms with E-state index in [4.69, 9.17) is 4.74 Å². The molecule has 7 nitrogen and oxygen atoms in total. The minimum Gasteiger partial charge on any atom is -0.452 e. The standard InChI is InChI=1S/C31H28N2O5/c1-18-8-5-6-13-25(18)32-26(34)17-38-31(37)20-11-7-12-22(14-20)33-29(35)27-21-15-23(19-9-3-2-4-10-19)24(16-21)28(27)30(33)36/h2-14,21,23-24,27-28H,15-17H2,1H3,(H,32,34)/t21-,23+,24+,27+,28+/m0/s1. The Hall–Kier alpha value is -4.26. The van der Waals surface area contributed by atoms with Crippen LogP contribution >= 0.6 is 0 Å². The van der Waals surface area contributed by atoms with Gasteiger partial charge in [0.25, 0.3) is 5.91 Å². The molecule has 3 aliphatic rings. The van der Waals surface area contributed by atoms with Crippen molar-refractivity contribution in [3.8, 4) is 0 Å². The smallest absolute Gasteiger partial charge is 0.338 e. The van der Waals surface area contributed by atoms with Gasteiger partial charge >= 0.3 is 5.97 Å². The summed E-state index contributed by atoms with van der Waals surface area (Å²) >= 11 is 0. The van der Waals surface area contributed by atoms with Gasteiger partial charge in [0.2, 0.25) is 11.8 Å². The number of nitrogens with zero attached hydrogens (tertiary/aromatic N) is 1. The highest BCUT2D eigenvalue weighted by atomic mass is 16.5. The normalized spacial score (nSPS) is 25.4. The van der Waals surface area contributed by atoms with E-state index in [9.17, 15) is 19.2 Å². The molecule has 2 bridgehead atoms. The number of hydrogen-bond donors (Lipinski definition) is 1. The molecule has 1 saturated heterocycles. The highest BCUT2D eigenvalue weighted by molar-refractivity contribution is 6.23. The molecule has 192 valence electrons. The predicted octanol–water partition coefficient (Wildman–Crippen LogP) is 4.72. The van der Waals surface area contributed by atoms with Crippen molar-refractivity contribution in [1.82, 2.24) is 0 Å². The van der Waals surface area contributed by atoms with Gasteiger partial charge in [0.05, 0.1) is 23.1 Å². The van der Waals surface area contributed by atoms with Crippen LogP contribution in [0.15, 0.2) is 78.9 Å². The quantitative estimate of drug-likeness (QED) is 0.384. The number of imide groups is 1. The largest absolute Gasteiger partial charge is 0.452 e. The molecule has 2 saturated carbocycles. The molecule has 1 aliphatic heterocycles. The van der Waals surface area contributed by atoms with Crippen LogP contribution in [-0.4, -0.2) is 30.3 Å². The average molecular weight is 509 g/mol. The Morgan fingerprint density at radius 3 is 2.42 bits per heavy atom. The van der Waals surface area contributed by atoms with E-state index in [2.05, 4.69) is 17.4 Å². The number of hydrogen-bond acceptors (Lipinski definition) is 5. The third kappa shape index (κ3) is 4.08. The van der Waals surface area contributed by atoms with Crippen molar-refractivity contribution >= 4 is 35.1 Å². The lowest BCUT2D eigenvalue weighted by Crippen LogP contribution is -2.33. The number of amides is 3. The van der Waals surface area contributed by atoms with Gasteiger partial charge in [-0.3, -0.25) is 19.3 Å².